The molecule has 3 aromatic rings. The number of aliphatic imine (C=N–C) groups is 1. The lowest BCUT2D eigenvalue weighted by Crippen LogP contribution is -2.39. The fourth-order valence-electron chi connectivity index (χ4n) is 5.39. The van der Waals surface area contributed by atoms with Gasteiger partial charge < -0.3 is 25.0 Å². The van der Waals surface area contributed by atoms with Gasteiger partial charge in [-0.1, -0.05) is 6.07 Å². The van der Waals surface area contributed by atoms with Gasteiger partial charge >= 0.3 is 0 Å². The second-order valence-electron chi connectivity index (χ2n) is 10.2. The van der Waals surface area contributed by atoms with Crippen LogP contribution in [0.1, 0.15) is 63.6 Å². The Balaban J connectivity index is 1.29. The molecule has 5 rings (SSSR count). The molecule has 1 aromatic carbocycles. The van der Waals surface area contributed by atoms with E-state index in [4.69, 9.17) is 9.73 Å². The van der Waals surface area contributed by atoms with Gasteiger partial charge in [-0.25, -0.2) is 4.99 Å². The summed E-state index contributed by atoms with van der Waals surface area (Å²) >= 11 is 0. The molecular formula is C27H38N6O2. The molecule has 0 spiro atoms. The Hall–Kier alpha value is -2.68. The van der Waals surface area contributed by atoms with Gasteiger partial charge in [-0.2, -0.15) is 5.10 Å². The molecule has 0 unspecified atom stereocenters. The molecule has 4 heterocycles. The summed E-state index contributed by atoms with van der Waals surface area (Å²) in [6, 6.07) is 7.26. The fourth-order valence-corrected chi connectivity index (χ4v) is 5.39. The summed E-state index contributed by atoms with van der Waals surface area (Å²) in [6.45, 7) is 11.2. The minimum atomic E-state index is 0.152. The van der Waals surface area contributed by atoms with Crippen LogP contribution in [0.15, 0.2) is 35.6 Å². The number of aromatic hydroxyl groups is 1. The summed E-state index contributed by atoms with van der Waals surface area (Å²) < 4.78 is 7.77. The molecule has 0 saturated carbocycles. The number of likely N-dealkylation sites (tertiary alicyclic amines) is 1. The first kappa shape index (κ1) is 24.0. The monoisotopic (exact) mass is 478 g/mol. The number of rotatable bonds is 8. The van der Waals surface area contributed by atoms with Crippen molar-refractivity contribution in [2.45, 2.75) is 71.2 Å². The number of piperidine rings is 1. The van der Waals surface area contributed by atoms with Crippen molar-refractivity contribution in [2.75, 3.05) is 26.2 Å². The van der Waals surface area contributed by atoms with E-state index in [2.05, 4.69) is 51.0 Å². The summed E-state index contributed by atoms with van der Waals surface area (Å²) in [7, 11) is 0. The van der Waals surface area contributed by atoms with Crippen LogP contribution in [0.25, 0.3) is 10.9 Å². The molecule has 0 bridgehead atoms. The molecule has 0 aliphatic carbocycles. The van der Waals surface area contributed by atoms with Gasteiger partial charge in [-0.15, -0.1) is 0 Å². The van der Waals surface area contributed by atoms with E-state index in [-0.39, 0.29) is 5.88 Å². The number of ether oxygens (including phenoxy) is 1. The summed E-state index contributed by atoms with van der Waals surface area (Å²) in [4.78, 5) is 10.4. The average Bonchev–Trinajstić information content (AvgIpc) is 3.59. The molecule has 2 fully saturated rings. The van der Waals surface area contributed by atoms with Gasteiger partial charge in [-0.05, 0) is 64.2 Å². The van der Waals surface area contributed by atoms with Crippen LogP contribution in [0, 0.1) is 0 Å². The molecule has 0 amide bonds. The number of nitrogens with zero attached hydrogens (tertiary/aromatic N) is 4. The van der Waals surface area contributed by atoms with Gasteiger partial charge in [0.1, 0.15) is 5.69 Å². The maximum atomic E-state index is 10.7. The van der Waals surface area contributed by atoms with E-state index in [0.29, 0.717) is 18.2 Å². The smallest absolute Gasteiger partial charge is 0.198 e. The molecule has 8 nitrogen and oxygen atoms in total. The van der Waals surface area contributed by atoms with E-state index in [1.807, 2.05) is 25.4 Å². The average molecular weight is 479 g/mol. The predicted molar refractivity (Wildman–Crippen MR) is 140 cm³/mol. The topological polar surface area (TPSA) is 90.7 Å². The molecule has 35 heavy (non-hydrogen) atoms. The van der Waals surface area contributed by atoms with Crippen molar-refractivity contribution in [1.82, 2.24) is 25.0 Å². The highest BCUT2D eigenvalue weighted by molar-refractivity contribution is 6.12. The van der Waals surface area contributed by atoms with Crippen LogP contribution in [-0.2, 0) is 11.3 Å². The van der Waals surface area contributed by atoms with Gasteiger partial charge in [0.2, 0.25) is 0 Å². The molecule has 188 valence electrons. The zero-order valence-electron chi connectivity index (χ0n) is 21.1. The fraction of sp³-hybridized carbons (Fsp3) is 0.556. The first-order chi connectivity index (χ1) is 17.0. The van der Waals surface area contributed by atoms with Crippen LogP contribution in [0.2, 0.25) is 0 Å². The number of H-pyrrole nitrogens is 1. The van der Waals surface area contributed by atoms with Gasteiger partial charge in [0.25, 0.3) is 0 Å². The van der Waals surface area contributed by atoms with Crippen LogP contribution in [0.5, 0.6) is 5.88 Å². The van der Waals surface area contributed by atoms with E-state index in [0.717, 1.165) is 86.3 Å². The normalized spacial score (nSPS) is 20.5. The van der Waals surface area contributed by atoms with Crippen molar-refractivity contribution >= 4 is 22.3 Å². The van der Waals surface area contributed by atoms with Crippen molar-refractivity contribution < 1.29 is 9.84 Å². The summed E-state index contributed by atoms with van der Waals surface area (Å²) in [5.74, 6) is 0.152. The minimum absolute atomic E-state index is 0.152. The zero-order chi connectivity index (χ0) is 24.4. The Kier molecular flexibility index (Phi) is 7.22. The highest BCUT2D eigenvalue weighted by Crippen LogP contribution is 2.31. The first-order valence-corrected chi connectivity index (χ1v) is 13.0. The van der Waals surface area contributed by atoms with Crippen molar-refractivity contribution in [2.24, 2.45) is 4.99 Å². The van der Waals surface area contributed by atoms with Crippen molar-refractivity contribution in [3.05, 3.63) is 41.7 Å². The van der Waals surface area contributed by atoms with Crippen LogP contribution in [-0.4, -0.2) is 68.9 Å². The van der Waals surface area contributed by atoms with Crippen LogP contribution in [0.4, 0.5) is 5.69 Å². The van der Waals surface area contributed by atoms with Gasteiger partial charge in [0.15, 0.2) is 5.88 Å². The second-order valence-corrected chi connectivity index (χ2v) is 10.2. The SMILES string of the molecule is CC(=Nc1cnn(C2CCN(C(C)C)CC2)c1)c1c(O)[nH]c2ccc(CNC[C@H]3CCCO3)cc12. The van der Waals surface area contributed by atoms with Crippen molar-refractivity contribution in [3.63, 3.8) is 0 Å². The van der Waals surface area contributed by atoms with Crippen molar-refractivity contribution in [3.8, 4) is 5.88 Å². The third kappa shape index (κ3) is 5.44. The molecule has 8 heteroatoms. The first-order valence-electron chi connectivity index (χ1n) is 13.0. The highest BCUT2D eigenvalue weighted by atomic mass is 16.5. The van der Waals surface area contributed by atoms with Crippen molar-refractivity contribution in [1.29, 1.82) is 0 Å². The second kappa shape index (κ2) is 10.5. The number of hydrogen-bond acceptors (Lipinski definition) is 6. The number of fused-ring (bicyclic) bond motifs is 1. The molecular weight excluding hydrogens is 440 g/mol. The third-order valence-corrected chi connectivity index (χ3v) is 7.42. The Morgan fingerprint density at radius 3 is 2.86 bits per heavy atom. The maximum Gasteiger partial charge on any atom is 0.198 e. The predicted octanol–water partition coefficient (Wildman–Crippen LogP) is 4.52. The zero-order valence-corrected chi connectivity index (χ0v) is 21.1. The van der Waals surface area contributed by atoms with Gasteiger partial charge in [0.05, 0.1) is 35.8 Å². The number of hydrogen-bond donors (Lipinski definition) is 3. The molecule has 2 saturated heterocycles. The summed E-state index contributed by atoms with van der Waals surface area (Å²) in [6.07, 6.45) is 8.67. The van der Waals surface area contributed by atoms with Crippen LogP contribution < -0.4 is 5.32 Å². The summed E-state index contributed by atoms with van der Waals surface area (Å²) in [5, 5.41) is 19.8. The molecule has 0 radical (unpaired) electrons. The van der Waals surface area contributed by atoms with Gasteiger partial charge in [0, 0.05) is 49.7 Å². The molecule has 1 atom stereocenters. The lowest BCUT2D eigenvalue weighted by atomic mass is 10.0. The number of aromatic nitrogens is 3. The Morgan fingerprint density at radius 1 is 1.29 bits per heavy atom. The van der Waals surface area contributed by atoms with E-state index in [1.165, 1.54) is 5.56 Å². The minimum Gasteiger partial charge on any atom is -0.494 e. The lowest BCUT2D eigenvalue weighted by Gasteiger charge is -2.34. The quantitative estimate of drug-likeness (QED) is 0.414. The maximum absolute atomic E-state index is 10.7. The third-order valence-electron chi connectivity index (χ3n) is 7.42. The molecule has 2 aliphatic rings. The number of aromatic amines is 1. The van der Waals surface area contributed by atoms with Crippen LogP contribution in [0.3, 0.4) is 0 Å². The van der Waals surface area contributed by atoms with E-state index in [9.17, 15) is 5.11 Å². The van der Waals surface area contributed by atoms with E-state index >= 15 is 0 Å². The van der Waals surface area contributed by atoms with E-state index in [1.54, 1.807) is 0 Å². The number of nitrogens with one attached hydrogen (secondary N) is 2. The number of benzene rings is 1. The Morgan fingerprint density at radius 2 is 2.11 bits per heavy atom. The van der Waals surface area contributed by atoms with Gasteiger partial charge in [-0.3, -0.25) is 4.68 Å². The van der Waals surface area contributed by atoms with Crippen LogP contribution >= 0.6 is 0 Å². The molecule has 3 N–H and O–H groups in total. The summed E-state index contributed by atoms with van der Waals surface area (Å²) in [5.41, 5.74) is 4.41. The Bertz CT molecular complexity index is 1170. The largest absolute Gasteiger partial charge is 0.494 e. The lowest BCUT2D eigenvalue weighted by molar-refractivity contribution is 0.110. The standard InChI is InChI=1S/C27H38N6O2/c1-18(2)32-10-8-22(9-11-32)33-17-21(15-29-33)30-19(3)26-24-13-20(6-7-25(24)31-27(26)34)14-28-16-23-5-4-12-35-23/h6-7,13,15,17-18,22-23,28,31,34H,4-5,8-12,14,16H2,1-3H3/t23-/m1/s1. The molecule has 2 aromatic heterocycles. The molecule has 2 aliphatic heterocycles. The highest BCUT2D eigenvalue weighted by Gasteiger charge is 2.23. The Labute approximate surface area is 207 Å². The van der Waals surface area contributed by atoms with E-state index < -0.39 is 0 Å².